The summed E-state index contributed by atoms with van der Waals surface area (Å²) >= 11 is 0. The Kier molecular flexibility index (Phi) is 31.1. The van der Waals surface area contributed by atoms with Crippen LogP contribution in [0.1, 0.15) is 194 Å². The Bertz CT molecular complexity index is 571. The number of hydrogen-bond donors (Lipinski definition) is 0. The Morgan fingerprint density at radius 2 is 0.725 bits per heavy atom. The van der Waals surface area contributed by atoms with Gasteiger partial charge in [-0.3, -0.25) is 4.79 Å². The van der Waals surface area contributed by atoms with E-state index in [0.29, 0.717) is 12.0 Å². The van der Waals surface area contributed by atoms with Gasteiger partial charge in [-0.1, -0.05) is 180 Å². The molecule has 0 radical (unpaired) electrons. The van der Waals surface area contributed by atoms with Crippen LogP contribution in [-0.4, -0.2) is 25.2 Å². The van der Waals surface area contributed by atoms with E-state index in [1.807, 2.05) is 0 Å². The molecular weight excluding hydrogens is 496 g/mol. The zero-order valence-electron chi connectivity index (χ0n) is 27.1. The molecule has 0 aromatic heterocycles. The van der Waals surface area contributed by atoms with Gasteiger partial charge in [-0.05, 0) is 13.3 Å². The normalized spacial score (nSPS) is 11.1. The second-order valence-corrected chi connectivity index (χ2v) is 12.1. The van der Waals surface area contributed by atoms with Crippen LogP contribution in [0.4, 0.5) is 0 Å². The number of rotatable bonds is 32. The molecule has 0 atom stereocenters. The highest BCUT2D eigenvalue weighted by Crippen LogP contribution is 2.16. The molecule has 0 bridgehead atoms. The Balaban J connectivity index is 3.14. The van der Waals surface area contributed by atoms with Crippen molar-refractivity contribution in [2.24, 2.45) is 0 Å². The van der Waals surface area contributed by atoms with E-state index >= 15 is 0 Å². The first-order valence-corrected chi connectivity index (χ1v) is 17.6. The van der Waals surface area contributed by atoms with Crippen LogP contribution in [0.3, 0.4) is 0 Å². The predicted molar refractivity (Wildman–Crippen MR) is 172 cm³/mol. The van der Waals surface area contributed by atoms with Crippen LogP contribution in [0.5, 0.6) is 0 Å². The summed E-state index contributed by atoms with van der Waals surface area (Å²) in [6.07, 6.45) is 37.8. The lowest BCUT2D eigenvalue weighted by Gasteiger charge is -2.06. The van der Waals surface area contributed by atoms with Gasteiger partial charge >= 0.3 is 11.9 Å². The third-order valence-electron chi connectivity index (χ3n) is 7.91. The van der Waals surface area contributed by atoms with Crippen molar-refractivity contribution >= 4 is 11.9 Å². The number of carbonyl (C=O) groups excluding carboxylic acids is 2. The topological polar surface area (TPSA) is 52.6 Å². The molecule has 4 nitrogen and oxygen atoms in total. The number of ether oxygens (including phenoxy) is 2. The summed E-state index contributed by atoms with van der Waals surface area (Å²) in [4.78, 5) is 22.9. The van der Waals surface area contributed by atoms with Crippen LogP contribution in [-0.2, 0) is 19.1 Å². The van der Waals surface area contributed by atoms with Gasteiger partial charge in [-0.15, -0.1) is 0 Å². The summed E-state index contributed by atoms with van der Waals surface area (Å²) in [6, 6.07) is 0. The summed E-state index contributed by atoms with van der Waals surface area (Å²) < 4.78 is 9.99. The van der Waals surface area contributed by atoms with Crippen molar-refractivity contribution in [1.82, 2.24) is 0 Å². The Hall–Kier alpha value is -1.32. The minimum absolute atomic E-state index is 0.0942. The Labute approximate surface area is 249 Å². The van der Waals surface area contributed by atoms with E-state index in [1.165, 1.54) is 161 Å². The zero-order valence-corrected chi connectivity index (χ0v) is 27.1. The van der Waals surface area contributed by atoms with Crippen LogP contribution < -0.4 is 0 Å². The SMILES string of the molecule is C=C(C)C(=O)OCCOC(=O)CCCCCCCCCCCCCCCCCCCCCCCCCCCCC. The van der Waals surface area contributed by atoms with E-state index in [4.69, 9.17) is 9.47 Å². The third kappa shape index (κ3) is 31.2. The van der Waals surface area contributed by atoms with Gasteiger partial charge in [-0.25, -0.2) is 4.79 Å². The van der Waals surface area contributed by atoms with E-state index in [0.717, 1.165) is 12.8 Å². The van der Waals surface area contributed by atoms with Gasteiger partial charge in [0.2, 0.25) is 0 Å². The van der Waals surface area contributed by atoms with Crippen molar-refractivity contribution in [3.63, 3.8) is 0 Å². The molecule has 0 saturated carbocycles. The van der Waals surface area contributed by atoms with E-state index in [9.17, 15) is 9.59 Å². The monoisotopic (exact) mass is 565 g/mol. The Morgan fingerprint density at radius 3 is 1.02 bits per heavy atom. The maximum Gasteiger partial charge on any atom is 0.333 e. The van der Waals surface area contributed by atoms with E-state index in [2.05, 4.69) is 13.5 Å². The zero-order chi connectivity index (χ0) is 29.4. The van der Waals surface area contributed by atoms with Crippen molar-refractivity contribution < 1.29 is 19.1 Å². The highest BCUT2D eigenvalue weighted by Gasteiger charge is 2.05. The summed E-state index contributed by atoms with van der Waals surface area (Å²) in [7, 11) is 0. The lowest BCUT2D eigenvalue weighted by Crippen LogP contribution is -2.14. The van der Waals surface area contributed by atoms with Crippen molar-refractivity contribution in [2.75, 3.05) is 13.2 Å². The molecule has 0 aliphatic rings. The third-order valence-corrected chi connectivity index (χ3v) is 7.91. The lowest BCUT2D eigenvalue weighted by atomic mass is 10.0. The van der Waals surface area contributed by atoms with Crippen molar-refractivity contribution in [1.29, 1.82) is 0 Å². The fourth-order valence-electron chi connectivity index (χ4n) is 5.25. The van der Waals surface area contributed by atoms with Gasteiger partial charge in [-0.2, -0.15) is 0 Å². The summed E-state index contributed by atoms with van der Waals surface area (Å²) in [5.41, 5.74) is 0.354. The van der Waals surface area contributed by atoms with Crippen LogP contribution in [0.15, 0.2) is 12.2 Å². The summed E-state index contributed by atoms with van der Waals surface area (Å²) in [6.45, 7) is 7.62. The smallest absolute Gasteiger partial charge is 0.333 e. The molecule has 0 heterocycles. The lowest BCUT2D eigenvalue weighted by molar-refractivity contribution is -0.150. The molecule has 236 valence electrons. The number of unbranched alkanes of at least 4 members (excludes halogenated alkanes) is 26. The minimum Gasteiger partial charge on any atom is -0.462 e. The van der Waals surface area contributed by atoms with E-state index in [1.54, 1.807) is 6.92 Å². The molecule has 0 aliphatic heterocycles. The molecule has 0 aromatic rings. The van der Waals surface area contributed by atoms with Crippen LogP contribution >= 0.6 is 0 Å². The standard InChI is InChI=1S/C36H68O4/c1-4-5-6-7-8-9-10-11-12-13-14-15-16-17-18-19-20-21-22-23-24-25-26-27-28-29-30-31-35(37)39-32-33-40-36(38)34(2)3/h2,4-33H2,1,3H3. The highest BCUT2D eigenvalue weighted by atomic mass is 16.6. The molecule has 0 saturated heterocycles. The molecule has 40 heavy (non-hydrogen) atoms. The molecule has 0 unspecified atom stereocenters. The Morgan fingerprint density at radius 1 is 0.450 bits per heavy atom. The van der Waals surface area contributed by atoms with Crippen molar-refractivity contribution in [3.05, 3.63) is 12.2 Å². The fraction of sp³-hybridized carbons (Fsp3) is 0.889. The van der Waals surface area contributed by atoms with Gasteiger partial charge in [0.25, 0.3) is 0 Å². The van der Waals surface area contributed by atoms with Gasteiger partial charge in [0.05, 0.1) is 0 Å². The molecule has 0 spiro atoms. The average molecular weight is 565 g/mol. The minimum atomic E-state index is -0.443. The average Bonchev–Trinajstić information content (AvgIpc) is 2.94. The second-order valence-electron chi connectivity index (χ2n) is 12.1. The molecule has 0 aromatic carbocycles. The molecule has 4 heteroatoms. The van der Waals surface area contributed by atoms with Crippen LogP contribution in [0, 0.1) is 0 Å². The summed E-state index contributed by atoms with van der Waals surface area (Å²) in [5.74, 6) is -0.646. The summed E-state index contributed by atoms with van der Waals surface area (Å²) in [5, 5.41) is 0. The first-order chi connectivity index (χ1) is 19.6. The number of carbonyl (C=O) groups is 2. The predicted octanol–water partition coefficient (Wildman–Crippen LogP) is 11.6. The molecule has 0 aliphatic carbocycles. The van der Waals surface area contributed by atoms with Crippen LogP contribution in [0.2, 0.25) is 0 Å². The van der Waals surface area contributed by atoms with Crippen molar-refractivity contribution in [3.8, 4) is 0 Å². The highest BCUT2D eigenvalue weighted by molar-refractivity contribution is 5.86. The largest absolute Gasteiger partial charge is 0.462 e. The number of esters is 2. The molecular formula is C36H68O4. The molecule has 0 rings (SSSR count). The van der Waals surface area contributed by atoms with Gasteiger partial charge < -0.3 is 9.47 Å². The van der Waals surface area contributed by atoms with Gasteiger partial charge in [0, 0.05) is 12.0 Å². The van der Waals surface area contributed by atoms with Crippen LogP contribution in [0.25, 0.3) is 0 Å². The molecule has 0 amide bonds. The first kappa shape index (κ1) is 38.7. The quantitative estimate of drug-likeness (QED) is 0.0463. The van der Waals surface area contributed by atoms with Gasteiger partial charge in [0.15, 0.2) is 0 Å². The number of hydrogen-bond acceptors (Lipinski definition) is 4. The van der Waals surface area contributed by atoms with E-state index < -0.39 is 5.97 Å². The van der Waals surface area contributed by atoms with E-state index in [-0.39, 0.29) is 19.2 Å². The maximum atomic E-state index is 11.7. The maximum absolute atomic E-state index is 11.7. The van der Waals surface area contributed by atoms with Gasteiger partial charge in [0.1, 0.15) is 13.2 Å². The first-order valence-electron chi connectivity index (χ1n) is 17.6. The molecule has 0 N–H and O–H groups in total. The molecule has 0 fully saturated rings. The van der Waals surface area contributed by atoms with Crippen molar-refractivity contribution in [2.45, 2.75) is 194 Å². The second kappa shape index (κ2) is 32.2. The fourth-order valence-corrected chi connectivity index (χ4v) is 5.25.